The number of hydrogen-bond acceptors (Lipinski definition) is 6. The number of aliphatic imine (C=N–C) groups is 1. The number of sulfone groups is 1. The summed E-state index contributed by atoms with van der Waals surface area (Å²) in [6.45, 7) is 1.09. The first-order valence-corrected chi connectivity index (χ1v) is 8.46. The molecule has 0 amide bonds. The van der Waals surface area contributed by atoms with Crippen molar-refractivity contribution in [1.82, 2.24) is 5.32 Å². The van der Waals surface area contributed by atoms with Crippen molar-refractivity contribution in [3.8, 4) is 0 Å². The lowest BCUT2D eigenvalue weighted by Crippen LogP contribution is -2.32. The molecule has 2 rings (SSSR count). The van der Waals surface area contributed by atoms with E-state index in [1.807, 2.05) is 0 Å². The third-order valence-corrected chi connectivity index (χ3v) is 5.00. The summed E-state index contributed by atoms with van der Waals surface area (Å²) in [4.78, 5) is 14.4. The van der Waals surface area contributed by atoms with Crippen molar-refractivity contribution >= 4 is 21.7 Å². The Kier molecular flexibility index (Phi) is 5.03. The zero-order valence-corrected chi connectivity index (χ0v) is 12.3. The number of nitro groups is 1. The van der Waals surface area contributed by atoms with E-state index in [-0.39, 0.29) is 23.2 Å². The van der Waals surface area contributed by atoms with Gasteiger partial charge in [0.25, 0.3) is 5.69 Å². The van der Waals surface area contributed by atoms with E-state index in [1.165, 1.54) is 12.1 Å². The SMILES string of the molecule is O=[N+]([O-])c1cccc(C=NCCNC2CCS(=O)(=O)C2)c1. The summed E-state index contributed by atoms with van der Waals surface area (Å²) in [7, 11) is -2.86. The molecule has 1 aliphatic heterocycles. The van der Waals surface area contributed by atoms with Gasteiger partial charge in [0.05, 0.1) is 23.0 Å². The van der Waals surface area contributed by atoms with E-state index in [0.717, 1.165) is 0 Å². The Bertz CT molecular complexity index is 643. The molecule has 1 unspecified atom stereocenters. The van der Waals surface area contributed by atoms with Gasteiger partial charge in [-0.1, -0.05) is 12.1 Å². The number of nitrogens with one attached hydrogen (secondary N) is 1. The number of hydrogen-bond donors (Lipinski definition) is 1. The minimum absolute atomic E-state index is 0.0167. The lowest BCUT2D eigenvalue weighted by Gasteiger charge is -2.08. The van der Waals surface area contributed by atoms with Gasteiger partial charge < -0.3 is 5.32 Å². The minimum atomic E-state index is -2.86. The average Bonchev–Trinajstić information content (AvgIpc) is 2.78. The van der Waals surface area contributed by atoms with Gasteiger partial charge in [-0.3, -0.25) is 15.1 Å². The van der Waals surface area contributed by atoms with E-state index >= 15 is 0 Å². The van der Waals surface area contributed by atoms with Gasteiger partial charge in [-0.05, 0) is 12.0 Å². The van der Waals surface area contributed by atoms with E-state index in [9.17, 15) is 18.5 Å². The molecule has 1 aromatic rings. The number of nitrogens with zero attached hydrogens (tertiary/aromatic N) is 2. The molecule has 0 bridgehead atoms. The van der Waals surface area contributed by atoms with Gasteiger partial charge in [-0.25, -0.2) is 8.42 Å². The molecular formula is C13H17N3O4S. The molecule has 0 spiro atoms. The number of nitro benzene ring substituents is 1. The second-order valence-corrected chi connectivity index (χ2v) is 7.17. The van der Waals surface area contributed by atoms with Crippen LogP contribution in [0.4, 0.5) is 5.69 Å². The summed E-state index contributed by atoms with van der Waals surface area (Å²) in [5.41, 5.74) is 0.709. The maximum atomic E-state index is 11.3. The average molecular weight is 311 g/mol. The molecule has 0 aromatic heterocycles. The van der Waals surface area contributed by atoms with Gasteiger partial charge in [0.2, 0.25) is 0 Å². The number of non-ortho nitro benzene ring substituents is 1. The molecule has 1 fully saturated rings. The lowest BCUT2D eigenvalue weighted by atomic mass is 10.2. The summed E-state index contributed by atoms with van der Waals surface area (Å²) in [6.07, 6.45) is 2.23. The minimum Gasteiger partial charge on any atom is -0.311 e. The van der Waals surface area contributed by atoms with E-state index in [1.54, 1.807) is 18.3 Å². The van der Waals surface area contributed by atoms with Crippen LogP contribution in [0.1, 0.15) is 12.0 Å². The van der Waals surface area contributed by atoms with Crippen molar-refractivity contribution in [2.75, 3.05) is 24.6 Å². The van der Waals surface area contributed by atoms with Crippen LogP contribution in [0.25, 0.3) is 0 Å². The standard InChI is InChI=1S/C13H17N3O4S/c17-16(18)13-3-1-2-11(8-13)9-14-5-6-15-12-4-7-21(19,20)10-12/h1-3,8-9,12,15H,4-7,10H2. The Morgan fingerprint density at radius 2 is 2.29 bits per heavy atom. The maximum absolute atomic E-state index is 11.3. The van der Waals surface area contributed by atoms with Crippen molar-refractivity contribution in [1.29, 1.82) is 0 Å². The Hall–Kier alpha value is -1.80. The highest BCUT2D eigenvalue weighted by Crippen LogP contribution is 2.12. The summed E-state index contributed by atoms with van der Waals surface area (Å²) in [6, 6.07) is 6.26. The van der Waals surface area contributed by atoms with Crippen LogP contribution in [-0.2, 0) is 9.84 Å². The molecule has 0 aliphatic carbocycles. The normalized spacial score (nSPS) is 20.9. The van der Waals surface area contributed by atoms with Crippen molar-refractivity contribution in [3.63, 3.8) is 0 Å². The third-order valence-electron chi connectivity index (χ3n) is 3.23. The fourth-order valence-corrected chi connectivity index (χ4v) is 3.89. The second-order valence-electron chi connectivity index (χ2n) is 4.94. The Morgan fingerprint density at radius 1 is 1.48 bits per heavy atom. The largest absolute Gasteiger partial charge is 0.311 e. The maximum Gasteiger partial charge on any atom is 0.270 e. The Morgan fingerprint density at radius 3 is 2.95 bits per heavy atom. The molecular weight excluding hydrogens is 294 g/mol. The highest BCUT2D eigenvalue weighted by molar-refractivity contribution is 7.91. The molecule has 1 N–H and O–H groups in total. The van der Waals surface area contributed by atoms with E-state index in [2.05, 4.69) is 10.3 Å². The van der Waals surface area contributed by atoms with Gasteiger partial charge in [0.15, 0.2) is 9.84 Å². The molecule has 0 radical (unpaired) electrons. The van der Waals surface area contributed by atoms with Crippen LogP contribution >= 0.6 is 0 Å². The fraction of sp³-hybridized carbons (Fsp3) is 0.462. The smallest absolute Gasteiger partial charge is 0.270 e. The number of benzene rings is 1. The van der Waals surface area contributed by atoms with Crippen LogP contribution in [0.5, 0.6) is 0 Å². The summed E-state index contributed by atoms with van der Waals surface area (Å²) >= 11 is 0. The Labute approximate surface area is 123 Å². The zero-order valence-electron chi connectivity index (χ0n) is 11.4. The van der Waals surface area contributed by atoms with Crippen molar-refractivity contribution in [3.05, 3.63) is 39.9 Å². The molecule has 1 heterocycles. The molecule has 21 heavy (non-hydrogen) atoms. The van der Waals surface area contributed by atoms with Crippen LogP contribution in [0, 0.1) is 10.1 Å². The molecule has 8 heteroatoms. The van der Waals surface area contributed by atoms with Crippen molar-refractivity contribution in [2.24, 2.45) is 4.99 Å². The molecule has 1 saturated heterocycles. The molecule has 1 aliphatic rings. The van der Waals surface area contributed by atoms with Crippen LogP contribution in [-0.4, -0.2) is 50.2 Å². The first kappa shape index (κ1) is 15.6. The van der Waals surface area contributed by atoms with Crippen LogP contribution in [0.2, 0.25) is 0 Å². The summed E-state index contributed by atoms with van der Waals surface area (Å²) in [5.74, 6) is 0.448. The summed E-state index contributed by atoms with van der Waals surface area (Å²) in [5, 5.41) is 13.8. The monoisotopic (exact) mass is 311 g/mol. The number of rotatable bonds is 6. The zero-order chi connectivity index (χ0) is 15.3. The van der Waals surface area contributed by atoms with Crippen molar-refractivity contribution < 1.29 is 13.3 Å². The van der Waals surface area contributed by atoms with Gasteiger partial charge in [-0.15, -0.1) is 0 Å². The van der Waals surface area contributed by atoms with Gasteiger partial charge in [-0.2, -0.15) is 0 Å². The molecule has 7 nitrogen and oxygen atoms in total. The second kappa shape index (κ2) is 6.77. The van der Waals surface area contributed by atoms with E-state index in [0.29, 0.717) is 25.1 Å². The highest BCUT2D eigenvalue weighted by Gasteiger charge is 2.26. The molecule has 1 aromatic carbocycles. The molecule has 1 atom stereocenters. The molecule has 0 saturated carbocycles. The summed E-state index contributed by atoms with van der Waals surface area (Å²) < 4.78 is 22.6. The van der Waals surface area contributed by atoms with Gasteiger partial charge in [0, 0.05) is 30.9 Å². The quantitative estimate of drug-likeness (QED) is 0.362. The van der Waals surface area contributed by atoms with Crippen molar-refractivity contribution in [2.45, 2.75) is 12.5 Å². The van der Waals surface area contributed by atoms with Gasteiger partial charge >= 0.3 is 0 Å². The lowest BCUT2D eigenvalue weighted by molar-refractivity contribution is -0.384. The predicted molar refractivity (Wildman–Crippen MR) is 80.6 cm³/mol. The fourth-order valence-electron chi connectivity index (χ4n) is 2.18. The topological polar surface area (TPSA) is 102 Å². The first-order chi connectivity index (χ1) is 9.96. The van der Waals surface area contributed by atoms with E-state index < -0.39 is 14.8 Å². The highest BCUT2D eigenvalue weighted by atomic mass is 32.2. The molecule has 114 valence electrons. The first-order valence-electron chi connectivity index (χ1n) is 6.64. The van der Waals surface area contributed by atoms with E-state index in [4.69, 9.17) is 0 Å². The van der Waals surface area contributed by atoms with Gasteiger partial charge in [0.1, 0.15) is 0 Å². The predicted octanol–water partition coefficient (Wildman–Crippen LogP) is 0.790. The van der Waals surface area contributed by atoms with Crippen LogP contribution in [0.15, 0.2) is 29.3 Å². The Balaban J connectivity index is 1.76. The van der Waals surface area contributed by atoms with Crippen LogP contribution < -0.4 is 5.32 Å². The third kappa shape index (κ3) is 4.91. The van der Waals surface area contributed by atoms with Crippen LogP contribution in [0.3, 0.4) is 0 Å².